The number of carbonyl (C=O) groups is 3. The Morgan fingerprint density at radius 3 is 2.41 bits per heavy atom. The molecule has 1 heterocycles. The predicted molar refractivity (Wildman–Crippen MR) is 104 cm³/mol. The molecule has 2 aromatic carbocycles. The molecular formula is C20H17N3O3S. The van der Waals surface area contributed by atoms with Gasteiger partial charge in [-0.3, -0.25) is 19.3 Å². The van der Waals surface area contributed by atoms with Crippen LogP contribution in [0.3, 0.4) is 0 Å². The number of amides is 3. The van der Waals surface area contributed by atoms with Crippen molar-refractivity contribution in [3.63, 3.8) is 0 Å². The van der Waals surface area contributed by atoms with Crippen molar-refractivity contribution in [2.75, 3.05) is 17.3 Å². The van der Waals surface area contributed by atoms with E-state index in [-0.39, 0.29) is 0 Å². The lowest BCUT2D eigenvalue weighted by atomic mass is 10.1. The topological polar surface area (TPSA) is 90.3 Å². The fourth-order valence-corrected chi connectivity index (χ4v) is 3.45. The van der Waals surface area contributed by atoms with E-state index in [2.05, 4.69) is 5.32 Å². The Bertz CT molecular complexity index is 916. The molecular weight excluding hydrogens is 362 g/mol. The molecule has 0 aromatic heterocycles. The van der Waals surface area contributed by atoms with Gasteiger partial charge in [0.2, 0.25) is 5.91 Å². The number of thioether (sulfide) groups is 1. The van der Waals surface area contributed by atoms with Crippen molar-refractivity contribution in [3.8, 4) is 6.07 Å². The second kappa shape index (κ2) is 8.06. The highest BCUT2D eigenvalue weighted by atomic mass is 32.2. The molecule has 3 rings (SSSR count). The molecule has 0 radical (unpaired) electrons. The number of nitrogens with zero attached hydrogens (tertiary/aromatic N) is 2. The number of hydrogen-bond donors (Lipinski definition) is 1. The van der Waals surface area contributed by atoms with Gasteiger partial charge < -0.3 is 5.32 Å². The summed E-state index contributed by atoms with van der Waals surface area (Å²) < 4.78 is 0. The first kappa shape index (κ1) is 18.7. The van der Waals surface area contributed by atoms with Gasteiger partial charge in [0.1, 0.15) is 6.04 Å². The minimum atomic E-state index is -0.921. The lowest BCUT2D eigenvalue weighted by Crippen LogP contribution is -2.47. The van der Waals surface area contributed by atoms with E-state index in [4.69, 9.17) is 5.26 Å². The van der Waals surface area contributed by atoms with Crippen LogP contribution in [0, 0.1) is 11.3 Å². The molecule has 27 heavy (non-hydrogen) atoms. The largest absolute Gasteiger partial charge is 0.324 e. The minimum Gasteiger partial charge on any atom is -0.324 e. The molecule has 0 saturated carbocycles. The van der Waals surface area contributed by atoms with Crippen LogP contribution in [0.4, 0.5) is 5.69 Å². The van der Waals surface area contributed by atoms with Gasteiger partial charge in [-0.05, 0) is 48.8 Å². The van der Waals surface area contributed by atoms with Crippen molar-refractivity contribution in [2.45, 2.75) is 12.5 Å². The van der Waals surface area contributed by atoms with Crippen LogP contribution in [0.2, 0.25) is 0 Å². The monoisotopic (exact) mass is 379 g/mol. The van der Waals surface area contributed by atoms with Crippen LogP contribution >= 0.6 is 11.8 Å². The highest BCUT2D eigenvalue weighted by Crippen LogP contribution is 2.26. The maximum atomic E-state index is 12.9. The summed E-state index contributed by atoms with van der Waals surface area (Å²) >= 11 is 1.53. The summed E-state index contributed by atoms with van der Waals surface area (Å²) in [5, 5.41) is 11.7. The molecule has 3 amide bonds. The van der Waals surface area contributed by atoms with Gasteiger partial charge >= 0.3 is 0 Å². The number of nitrogens with one attached hydrogen (secondary N) is 1. The number of fused-ring (bicyclic) bond motifs is 1. The number of nitriles is 1. The molecule has 7 heteroatoms. The van der Waals surface area contributed by atoms with E-state index in [1.165, 1.54) is 11.8 Å². The Kier molecular flexibility index (Phi) is 5.57. The van der Waals surface area contributed by atoms with Gasteiger partial charge in [0, 0.05) is 5.69 Å². The predicted octanol–water partition coefficient (Wildman–Crippen LogP) is 2.91. The van der Waals surface area contributed by atoms with E-state index in [0.29, 0.717) is 34.6 Å². The van der Waals surface area contributed by atoms with Crippen LogP contribution in [-0.2, 0) is 4.79 Å². The Morgan fingerprint density at radius 1 is 1.15 bits per heavy atom. The standard InChI is InChI=1S/C20H17N3O3S/c1-27-10-9-17(18(24)22-14-6-4-5-13(11-14)12-21)23-19(25)15-7-2-3-8-16(15)20(23)26/h2-8,11,17H,9-10H2,1H3,(H,22,24)/t17-/m0/s1. The maximum Gasteiger partial charge on any atom is 0.262 e. The van der Waals surface area contributed by atoms with E-state index in [1.807, 2.05) is 12.3 Å². The van der Waals surface area contributed by atoms with Gasteiger partial charge in [-0.15, -0.1) is 0 Å². The average Bonchev–Trinajstić information content (AvgIpc) is 2.94. The Labute approximate surface area is 161 Å². The molecule has 0 spiro atoms. The van der Waals surface area contributed by atoms with Gasteiger partial charge in [-0.1, -0.05) is 18.2 Å². The summed E-state index contributed by atoms with van der Waals surface area (Å²) in [5.41, 5.74) is 1.49. The van der Waals surface area contributed by atoms with Gasteiger partial charge in [-0.25, -0.2) is 0 Å². The first-order valence-electron chi connectivity index (χ1n) is 8.33. The maximum absolute atomic E-state index is 12.9. The quantitative estimate of drug-likeness (QED) is 0.780. The van der Waals surface area contributed by atoms with Crippen molar-refractivity contribution in [3.05, 3.63) is 65.2 Å². The number of carbonyl (C=O) groups excluding carboxylic acids is 3. The fraction of sp³-hybridized carbons (Fsp3) is 0.200. The van der Waals surface area contributed by atoms with Crippen LogP contribution < -0.4 is 5.32 Å². The normalized spacial score (nSPS) is 13.9. The second-order valence-electron chi connectivity index (χ2n) is 6.01. The molecule has 0 fully saturated rings. The van der Waals surface area contributed by atoms with Crippen LogP contribution in [0.1, 0.15) is 32.7 Å². The van der Waals surface area contributed by atoms with Gasteiger partial charge in [0.05, 0.1) is 22.8 Å². The average molecular weight is 379 g/mol. The summed E-state index contributed by atoms with van der Waals surface area (Å²) in [4.78, 5) is 39.4. The van der Waals surface area contributed by atoms with E-state index >= 15 is 0 Å². The smallest absolute Gasteiger partial charge is 0.262 e. The highest BCUT2D eigenvalue weighted by Gasteiger charge is 2.42. The SMILES string of the molecule is CSCC[C@@H](C(=O)Nc1cccc(C#N)c1)N1C(=O)c2ccccc2C1=O. The molecule has 0 aliphatic carbocycles. The minimum absolute atomic E-state index is 0.316. The molecule has 0 bridgehead atoms. The number of benzene rings is 2. The lowest BCUT2D eigenvalue weighted by molar-refractivity contribution is -0.120. The van der Waals surface area contributed by atoms with Crippen molar-refractivity contribution >= 4 is 35.2 Å². The summed E-state index contributed by atoms with van der Waals surface area (Å²) in [7, 11) is 0. The Balaban J connectivity index is 1.88. The Morgan fingerprint density at radius 2 is 1.81 bits per heavy atom. The van der Waals surface area contributed by atoms with E-state index in [1.54, 1.807) is 48.5 Å². The van der Waals surface area contributed by atoms with Gasteiger partial charge in [0.15, 0.2) is 0 Å². The number of imide groups is 1. The molecule has 0 unspecified atom stereocenters. The first-order chi connectivity index (χ1) is 13.1. The third kappa shape index (κ3) is 3.71. The number of anilines is 1. The molecule has 2 aromatic rings. The van der Waals surface area contributed by atoms with Crippen LogP contribution in [-0.4, -0.2) is 40.7 Å². The van der Waals surface area contributed by atoms with E-state index in [0.717, 1.165) is 4.90 Å². The summed E-state index contributed by atoms with van der Waals surface area (Å²) in [6, 6.07) is 14.2. The number of rotatable bonds is 6. The van der Waals surface area contributed by atoms with Gasteiger partial charge in [0.25, 0.3) is 11.8 Å². The van der Waals surface area contributed by atoms with Crippen LogP contribution in [0.25, 0.3) is 0 Å². The molecule has 6 nitrogen and oxygen atoms in total. The third-order valence-corrected chi connectivity index (χ3v) is 4.94. The van der Waals surface area contributed by atoms with Crippen LogP contribution in [0.5, 0.6) is 0 Å². The zero-order chi connectivity index (χ0) is 19.4. The van der Waals surface area contributed by atoms with E-state index in [9.17, 15) is 14.4 Å². The highest BCUT2D eigenvalue weighted by molar-refractivity contribution is 7.98. The van der Waals surface area contributed by atoms with E-state index < -0.39 is 23.8 Å². The number of hydrogen-bond acceptors (Lipinski definition) is 5. The summed E-state index contributed by atoms with van der Waals surface area (Å²) in [6.45, 7) is 0. The molecule has 0 saturated heterocycles. The van der Waals surface area contributed by atoms with Crippen molar-refractivity contribution in [1.29, 1.82) is 5.26 Å². The first-order valence-corrected chi connectivity index (χ1v) is 9.73. The van der Waals surface area contributed by atoms with Gasteiger partial charge in [-0.2, -0.15) is 17.0 Å². The molecule has 1 aliphatic rings. The summed E-state index contributed by atoms with van der Waals surface area (Å²) in [5.74, 6) is -0.747. The van der Waals surface area contributed by atoms with Crippen molar-refractivity contribution in [1.82, 2.24) is 4.90 Å². The fourth-order valence-electron chi connectivity index (χ4n) is 2.99. The zero-order valence-electron chi connectivity index (χ0n) is 14.6. The van der Waals surface area contributed by atoms with Crippen molar-refractivity contribution < 1.29 is 14.4 Å². The molecule has 1 atom stereocenters. The van der Waals surface area contributed by atoms with Crippen LogP contribution in [0.15, 0.2) is 48.5 Å². The molecule has 1 aliphatic heterocycles. The Hall–Kier alpha value is -3.11. The van der Waals surface area contributed by atoms with Crippen molar-refractivity contribution in [2.24, 2.45) is 0 Å². The second-order valence-corrected chi connectivity index (χ2v) is 6.99. The summed E-state index contributed by atoms with van der Waals surface area (Å²) in [6.07, 6.45) is 2.24. The third-order valence-electron chi connectivity index (χ3n) is 4.29. The molecule has 136 valence electrons. The molecule has 1 N–H and O–H groups in total. The lowest BCUT2D eigenvalue weighted by Gasteiger charge is -2.25. The zero-order valence-corrected chi connectivity index (χ0v) is 15.5.